The van der Waals surface area contributed by atoms with Crippen LogP contribution in [0.25, 0.3) is 0 Å². The molecule has 1 saturated carbocycles. The molecule has 3 rings (SSSR count). The Bertz CT molecular complexity index is 491. The fourth-order valence-corrected chi connectivity index (χ4v) is 2.59. The minimum absolute atomic E-state index is 0.183. The van der Waals surface area contributed by atoms with Gasteiger partial charge in [-0.1, -0.05) is 30.3 Å². The second-order valence-corrected chi connectivity index (χ2v) is 5.16. The summed E-state index contributed by atoms with van der Waals surface area (Å²) in [5.74, 6) is 0.977. The quantitative estimate of drug-likeness (QED) is 0.864. The van der Waals surface area contributed by atoms with Crippen molar-refractivity contribution in [1.29, 1.82) is 0 Å². The highest BCUT2D eigenvalue weighted by Gasteiger charge is 2.35. The molecule has 0 bridgehead atoms. The predicted molar refractivity (Wildman–Crippen MR) is 75.5 cm³/mol. The number of hydrogen-bond acceptors (Lipinski definition) is 3. The third-order valence-corrected chi connectivity index (χ3v) is 3.72. The van der Waals surface area contributed by atoms with Crippen LogP contribution in [0.5, 0.6) is 0 Å². The van der Waals surface area contributed by atoms with Crippen molar-refractivity contribution in [3.8, 4) is 0 Å². The van der Waals surface area contributed by atoms with Gasteiger partial charge < -0.3 is 10.2 Å². The lowest BCUT2D eigenvalue weighted by molar-refractivity contribution is 0.161. The fourth-order valence-electron chi connectivity index (χ4n) is 2.59. The maximum absolute atomic E-state index is 5.98. The monoisotopic (exact) mass is 256 g/mol. The first kappa shape index (κ1) is 12.5. The molecule has 2 N–H and O–H groups in total. The van der Waals surface area contributed by atoms with Crippen molar-refractivity contribution in [2.45, 2.75) is 31.5 Å². The van der Waals surface area contributed by atoms with E-state index in [1.165, 1.54) is 18.4 Å². The number of benzene rings is 1. The smallest absolute Gasteiger partial charge is 0.122 e. The zero-order chi connectivity index (χ0) is 13.1. The molecular weight excluding hydrogens is 236 g/mol. The average molecular weight is 256 g/mol. The van der Waals surface area contributed by atoms with Crippen LogP contribution >= 0.6 is 0 Å². The zero-order valence-electron chi connectivity index (χ0n) is 11.0. The van der Waals surface area contributed by atoms with E-state index < -0.39 is 0 Å². The summed E-state index contributed by atoms with van der Waals surface area (Å²) in [4.78, 5) is 2.48. The molecule has 19 heavy (non-hydrogen) atoms. The van der Waals surface area contributed by atoms with E-state index in [0.717, 1.165) is 12.3 Å². The molecule has 1 heterocycles. The Balaban J connectivity index is 1.80. The van der Waals surface area contributed by atoms with Crippen LogP contribution in [0.1, 0.15) is 30.2 Å². The molecule has 3 nitrogen and oxygen atoms in total. The minimum atomic E-state index is 0.183. The van der Waals surface area contributed by atoms with Gasteiger partial charge in [0.05, 0.1) is 12.3 Å². The number of nitrogens with zero attached hydrogens (tertiary/aromatic N) is 1. The van der Waals surface area contributed by atoms with Crippen molar-refractivity contribution in [1.82, 2.24) is 4.90 Å². The summed E-state index contributed by atoms with van der Waals surface area (Å²) in [7, 11) is 0. The van der Waals surface area contributed by atoms with Gasteiger partial charge in [-0.15, -0.1) is 0 Å². The Hall–Kier alpha value is -1.58. The van der Waals surface area contributed by atoms with Gasteiger partial charge in [0.2, 0.25) is 0 Å². The Kier molecular flexibility index (Phi) is 3.67. The largest absolute Gasteiger partial charge is 0.468 e. The molecule has 2 aromatic rings. The molecule has 1 aromatic heterocycles. The molecule has 0 spiro atoms. The van der Waals surface area contributed by atoms with Crippen LogP contribution in [0.3, 0.4) is 0 Å². The summed E-state index contributed by atoms with van der Waals surface area (Å²) in [6.07, 6.45) is 4.26. The second-order valence-electron chi connectivity index (χ2n) is 5.16. The summed E-state index contributed by atoms with van der Waals surface area (Å²) in [5.41, 5.74) is 7.32. The molecule has 0 amide bonds. The van der Waals surface area contributed by atoms with Crippen LogP contribution in [0.15, 0.2) is 53.1 Å². The molecule has 1 unspecified atom stereocenters. The van der Waals surface area contributed by atoms with Crippen LogP contribution in [0.2, 0.25) is 0 Å². The van der Waals surface area contributed by atoms with E-state index in [1.54, 1.807) is 6.26 Å². The van der Waals surface area contributed by atoms with Crippen LogP contribution < -0.4 is 5.73 Å². The molecule has 3 heteroatoms. The van der Waals surface area contributed by atoms with Gasteiger partial charge in [0.15, 0.2) is 0 Å². The third-order valence-electron chi connectivity index (χ3n) is 3.72. The standard InChI is InChI=1S/C16H20N2O/c17-11-15(16-7-4-10-19-16)18(14-8-9-14)12-13-5-2-1-3-6-13/h1-7,10,14-15H,8-9,11-12,17H2. The lowest BCUT2D eigenvalue weighted by Gasteiger charge is -2.29. The van der Waals surface area contributed by atoms with Crippen molar-refractivity contribution < 1.29 is 4.42 Å². The molecule has 1 aromatic carbocycles. The van der Waals surface area contributed by atoms with Gasteiger partial charge >= 0.3 is 0 Å². The van der Waals surface area contributed by atoms with E-state index in [2.05, 4.69) is 35.2 Å². The first-order valence-corrected chi connectivity index (χ1v) is 6.91. The van der Waals surface area contributed by atoms with Crippen LogP contribution in [0.4, 0.5) is 0 Å². The topological polar surface area (TPSA) is 42.4 Å². The van der Waals surface area contributed by atoms with Gasteiger partial charge in [0, 0.05) is 19.1 Å². The van der Waals surface area contributed by atoms with E-state index in [1.807, 2.05) is 12.1 Å². The summed E-state index contributed by atoms with van der Waals surface area (Å²) in [6, 6.07) is 15.4. The van der Waals surface area contributed by atoms with Crippen molar-refractivity contribution >= 4 is 0 Å². The molecular formula is C16H20N2O. The Morgan fingerprint density at radius 3 is 2.53 bits per heavy atom. The van der Waals surface area contributed by atoms with E-state index >= 15 is 0 Å². The zero-order valence-corrected chi connectivity index (χ0v) is 11.0. The van der Waals surface area contributed by atoms with Gasteiger partial charge in [-0.25, -0.2) is 0 Å². The van der Waals surface area contributed by atoms with Gasteiger partial charge in [-0.05, 0) is 30.5 Å². The molecule has 0 radical (unpaired) electrons. The Morgan fingerprint density at radius 1 is 1.16 bits per heavy atom. The highest BCUT2D eigenvalue weighted by atomic mass is 16.3. The van der Waals surface area contributed by atoms with Gasteiger partial charge in [0.1, 0.15) is 5.76 Å². The first-order valence-electron chi connectivity index (χ1n) is 6.91. The number of rotatable bonds is 6. The summed E-state index contributed by atoms with van der Waals surface area (Å²) < 4.78 is 5.56. The lowest BCUT2D eigenvalue weighted by Crippen LogP contribution is -2.34. The number of furan rings is 1. The Labute approximate surface area is 114 Å². The van der Waals surface area contributed by atoms with Gasteiger partial charge in [-0.3, -0.25) is 4.90 Å². The third kappa shape index (κ3) is 2.88. The fraction of sp³-hybridized carbons (Fsp3) is 0.375. The number of nitrogens with two attached hydrogens (primary N) is 1. The van der Waals surface area contributed by atoms with Crippen molar-refractivity contribution in [3.05, 3.63) is 60.1 Å². The second kappa shape index (κ2) is 5.59. The maximum atomic E-state index is 5.98. The van der Waals surface area contributed by atoms with Crippen LogP contribution in [-0.2, 0) is 6.54 Å². The van der Waals surface area contributed by atoms with Crippen LogP contribution in [-0.4, -0.2) is 17.5 Å². The van der Waals surface area contributed by atoms with Gasteiger partial charge in [0.25, 0.3) is 0 Å². The van der Waals surface area contributed by atoms with Crippen molar-refractivity contribution in [2.75, 3.05) is 6.54 Å². The number of hydrogen-bond donors (Lipinski definition) is 1. The van der Waals surface area contributed by atoms with E-state index in [0.29, 0.717) is 12.6 Å². The maximum Gasteiger partial charge on any atom is 0.122 e. The molecule has 1 aliphatic carbocycles. The normalized spacial score (nSPS) is 16.7. The van der Waals surface area contributed by atoms with E-state index in [-0.39, 0.29) is 6.04 Å². The molecule has 1 fully saturated rings. The van der Waals surface area contributed by atoms with Gasteiger partial charge in [-0.2, -0.15) is 0 Å². The highest BCUT2D eigenvalue weighted by Crippen LogP contribution is 2.35. The lowest BCUT2D eigenvalue weighted by atomic mass is 10.1. The first-order chi connectivity index (χ1) is 9.38. The molecule has 0 aliphatic heterocycles. The van der Waals surface area contributed by atoms with E-state index in [4.69, 9.17) is 10.2 Å². The molecule has 1 aliphatic rings. The summed E-state index contributed by atoms with van der Waals surface area (Å²) in [5, 5.41) is 0. The Morgan fingerprint density at radius 2 is 1.95 bits per heavy atom. The summed E-state index contributed by atoms with van der Waals surface area (Å²) in [6.45, 7) is 1.53. The highest BCUT2D eigenvalue weighted by molar-refractivity contribution is 5.16. The van der Waals surface area contributed by atoms with E-state index in [9.17, 15) is 0 Å². The SMILES string of the molecule is NCC(c1ccco1)N(Cc1ccccc1)C1CC1. The van der Waals surface area contributed by atoms with Crippen LogP contribution in [0, 0.1) is 0 Å². The average Bonchev–Trinajstić information content (AvgIpc) is 3.16. The van der Waals surface area contributed by atoms with Crippen molar-refractivity contribution in [3.63, 3.8) is 0 Å². The minimum Gasteiger partial charge on any atom is -0.468 e. The molecule has 100 valence electrons. The molecule has 1 atom stereocenters. The summed E-state index contributed by atoms with van der Waals surface area (Å²) >= 11 is 0. The molecule has 0 saturated heterocycles. The van der Waals surface area contributed by atoms with Crippen molar-refractivity contribution in [2.24, 2.45) is 5.73 Å². The predicted octanol–water partition coefficient (Wildman–Crippen LogP) is 2.94.